The van der Waals surface area contributed by atoms with Crippen molar-refractivity contribution in [3.63, 3.8) is 0 Å². The molecule has 2 heteroatoms. The normalized spacial score (nSPS) is 11.9. The molecular formula is C11H20N2. The highest BCUT2D eigenvalue weighted by atomic mass is 14.7. The van der Waals surface area contributed by atoms with Crippen LogP contribution in [0.3, 0.4) is 0 Å². The van der Waals surface area contributed by atoms with E-state index in [0.29, 0.717) is 6.54 Å². The maximum atomic E-state index is 5.93. The fourth-order valence-corrected chi connectivity index (χ4v) is 1.34. The second-order valence-electron chi connectivity index (χ2n) is 3.04. The van der Waals surface area contributed by atoms with Crippen LogP contribution in [0.15, 0.2) is 24.3 Å². The molecule has 2 nitrogen and oxygen atoms in total. The van der Waals surface area contributed by atoms with Gasteiger partial charge in [0.1, 0.15) is 0 Å². The van der Waals surface area contributed by atoms with Gasteiger partial charge in [-0.15, -0.1) is 0 Å². The molecule has 0 heterocycles. The van der Waals surface area contributed by atoms with Crippen LogP contribution in [0, 0.1) is 6.92 Å². The molecule has 0 bridgehead atoms. The van der Waals surface area contributed by atoms with Crippen molar-refractivity contribution in [3.8, 4) is 0 Å². The van der Waals surface area contributed by atoms with Crippen LogP contribution in [-0.4, -0.2) is 6.54 Å². The lowest BCUT2D eigenvalue weighted by Crippen LogP contribution is -2.16. The molecule has 0 spiro atoms. The Morgan fingerprint density at radius 2 is 1.92 bits per heavy atom. The summed E-state index contributed by atoms with van der Waals surface area (Å²) in [5, 5.41) is 0. The number of nitrogens with two attached hydrogens (primary N) is 2. The highest BCUT2D eigenvalue weighted by molar-refractivity contribution is 5.28. The zero-order valence-electron chi connectivity index (χ0n) is 7.46. The van der Waals surface area contributed by atoms with Gasteiger partial charge >= 0.3 is 0 Å². The second-order valence-corrected chi connectivity index (χ2v) is 3.04. The van der Waals surface area contributed by atoms with Gasteiger partial charge in [0.05, 0.1) is 0 Å². The summed E-state index contributed by atoms with van der Waals surface area (Å²) in [6.07, 6.45) is 0.852. The third kappa shape index (κ3) is 3.17. The Morgan fingerprint density at radius 3 is 2.46 bits per heavy atom. The standard InChI is InChI=1S/C10H16N2.CH4/c1-8-4-2-3-5-9(8)10(12)6-7-11;/h2-5,10H,6-7,11-12H2,1H3;1H4. The van der Waals surface area contributed by atoms with E-state index in [4.69, 9.17) is 11.5 Å². The van der Waals surface area contributed by atoms with Crippen LogP contribution in [0.25, 0.3) is 0 Å². The molecule has 0 fully saturated rings. The Kier molecular flexibility index (Phi) is 5.35. The first kappa shape index (κ1) is 12.1. The quantitative estimate of drug-likeness (QED) is 0.747. The first-order valence-corrected chi connectivity index (χ1v) is 4.27. The second kappa shape index (κ2) is 5.73. The number of hydrogen-bond donors (Lipinski definition) is 2. The molecular weight excluding hydrogens is 160 g/mol. The molecule has 4 N–H and O–H groups in total. The Morgan fingerprint density at radius 1 is 1.31 bits per heavy atom. The van der Waals surface area contributed by atoms with Crippen LogP contribution in [0.5, 0.6) is 0 Å². The average Bonchev–Trinajstić information content (AvgIpc) is 2.05. The van der Waals surface area contributed by atoms with Crippen LogP contribution >= 0.6 is 0 Å². The van der Waals surface area contributed by atoms with E-state index in [1.165, 1.54) is 11.1 Å². The molecule has 0 aliphatic carbocycles. The molecule has 1 atom stereocenters. The first-order valence-electron chi connectivity index (χ1n) is 4.27. The summed E-state index contributed by atoms with van der Waals surface area (Å²) in [6.45, 7) is 2.72. The fraction of sp³-hybridized carbons (Fsp3) is 0.455. The average molecular weight is 180 g/mol. The molecule has 1 aromatic rings. The summed E-state index contributed by atoms with van der Waals surface area (Å²) in [5.41, 5.74) is 13.8. The van der Waals surface area contributed by atoms with Crippen molar-refractivity contribution in [2.45, 2.75) is 26.8 Å². The lowest BCUT2D eigenvalue weighted by Gasteiger charge is -2.12. The van der Waals surface area contributed by atoms with Gasteiger partial charge in [-0.25, -0.2) is 0 Å². The van der Waals surface area contributed by atoms with Crippen LogP contribution in [0.2, 0.25) is 0 Å². The van der Waals surface area contributed by atoms with Gasteiger partial charge in [0.15, 0.2) is 0 Å². The molecule has 0 aromatic heterocycles. The van der Waals surface area contributed by atoms with Crippen molar-refractivity contribution in [2.24, 2.45) is 11.5 Å². The fourth-order valence-electron chi connectivity index (χ4n) is 1.34. The Bertz CT molecular complexity index is 246. The number of aryl methyl sites for hydroxylation is 1. The van der Waals surface area contributed by atoms with Crippen LogP contribution in [-0.2, 0) is 0 Å². The van der Waals surface area contributed by atoms with E-state index in [1.807, 2.05) is 12.1 Å². The molecule has 0 saturated heterocycles. The Balaban J connectivity index is 0.00000144. The topological polar surface area (TPSA) is 52.0 Å². The Hall–Kier alpha value is -0.860. The predicted molar refractivity (Wildman–Crippen MR) is 58.5 cm³/mol. The number of rotatable bonds is 3. The van der Waals surface area contributed by atoms with Crippen LogP contribution in [0.4, 0.5) is 0 Å². The summed E-state index contributed by atoms with van der Waals surface area (Å²) in [7, 11) is 0. The van der Waals surface area contributed by atoms with Crippen molar-refractivity contribution in [3.05, 3.63) is 35.4 Å². The SMILES string of the molecule is C.Cc1ccccc1C(N)CCN. The molecule has 0 saturated carbocycles. The lowest BCUT2D eigenvalue weighted by molar-refractivity contribution is 0.658. The minimum Gasteiger partial charge on any atom is -0.330 e. The van der Waals surface area contributed by atoms with Crippen molar-refractivity contribution >= 4 is 0 Å². The zero-order chi connectivity index (χ0) is 8.97. The lowest BCUT2D eigenvalue weighted by atomic mass is 10.00. The van der Waals surface area contributed by atoms with Crippen molar-refractivity contribution in [1.82, 2.24) is 0 Å². The summed E-state index contributed by atoms with van der Waals surface area (Å²) < 4.78 is 0. The van der Waals surface area contributed by atoms with E-state index in [-0.39, 0.29) is 13.5 Å². The van der Waals surface area contributed by atoms with Gasteiger partial charge in [0, 0.05) is 6.04 Å². The van der Waals surface area contributed by atoms with Crippen LogP contribution < -0.4 is 11.5 Å². The molecule has 1 unspecified atom stereocenters. The molecule has 0 amide bonds. The zero-order valence-corrected chi connectivity index (χ0v) is 7.46. The minimum atomic E-state index is 0. The maximum Gasteiger partial charge on any atom is 0.0309 e. The van der Waals surface area contributed by atoms with E-state index >= 15 is 0 Å². The monoisotopic (exact) mass is 180 g/mol. The number of hydrogen-bond acceptors (Lipinski definition) is 2. The van der Waals surface area contributed by atoms with E-state index in [9.17, 15) is 0 Å². The molecule has 1 rings (SSSR count). The van der Waals surface area contributed by atoms with E-state index in [2.05, 4.69) is 19.1 Å². The van der Waals surface area contributed by atoms with Crippen molar-refractivity contribution in [1.29, 1.82) is 0 Å². The summed E-state index contributed by atoms with van der Waals surface area (Å²) in [4.78, 5) is 0. The maximum absolute atomic E-state index is 5.93. The molecule has 0 aliphatic rings. The molecule has 74 valence electrons. The highest BCUT2D eigenvalue weighted by Gasteiger charge is 2.05. The van der Waals surface area contributed by atoms with Gasteiger partial charge in [0.2, 0.25) is 0 Å². The molecule has 13 heavy (non-hydrogen) atoms. The molecule has 0 radical (unpaired) electrons. The largest absolute Gasteiger partial charge is 0.330 e. The van der Waals surface area contributed by atoms with Crippen molar-refractivity contribution in [2.75, 3.05) is 6.54 Å². The van der Waals surface area contributed by atoms with E-state index < -0.39 is 0 Å². The predicted octanol–water partition coefficient (Wildman–Crippen LogP) is 1.98. The van der Waals surface area contributed by atoms with Gasteiger partial charge in [-0.05, 0) is 31.0 Å². The molecule has 0 aliphatic heterocycles. The summed E-state index contributed by atoms with van der Waals surface area (Å²) >= 11 is 0. The number of benzene rings is 1. The summed E-state index contributed by atoms with van der Waals surface area (Å²) in [6, 6.07) is 8.27. The third-order valence-corrected chi connectivity index (χ3v) is 2.07. The van der Waals surface area contributed by atoms with E-state index in [0.717, 1.165) is 6.42 Å². The van der Waals surface area contributed by atoms with Crippen molar-refractivity contribution < 1.29 is 0 Å². The first-order chi connectivity index (χ1) is 5.75. The summed E-state index contributed by atoms with van der Waals surface area (Å²) in [5.74, 6) is 0. The van der Waals surface area contributed by atoms with E-state index in [1.54, 1.807) is 0 Å². The van der Waals surface area contributed by atoms with Crippen LogP contribution in [0.1, 0.15) is 31.0 Å². The highest BCUT2D eigenvalue weighted by Crippen LogP contribution is 2.16. The van der Waals surface area contributed by atoms with Gasteiger partial charge in [0.25, 0.3) is 0 Å². The van der Waals surface area contributed by atoms with Gasteiger partial charge in [-0.3, -0.25) is 0 Å². The molecule has 1 aromatic carbocycles. The minimum absolute atomic E-state index is 0. The third-order valence-electron chi connectivity index (χ3n) is 2.07. The van der Waals surface area contributed by atoms with Gasteiger partial charge in [-0.2, -0.15) is 0 Å². The van der Waals surface area contributed by atoms with Gasteiger partial charge < -0.3 is 11.5 Å². The smallest absolute Gasteiger partial charge is 0.0309 e. The van der Waals surface area contributed by atoms with Gasteiger partial charge in [-0.1, -0.05) is 31.7 Å². The Labute approximate surface area is 80.9 Å².